The van der Waals surface area contributed by atoms with Crippen molar-refractivity contribution in [1.29, 1.82) is 0 Å². The number of hydrogen-bond acceptors (Lipinski definition) is 4. The number of anilines is 1. The van der Waals surface area contributed by atoms with Crippen LogP contribution in [0.4, 0.5) is 5.00 Å². The molecule has 0 aliphatic carbocycles. The second-order valence-electron chi connectivity index (χ2n) is 5.35. The number of carbonyl (C=O) groups excluding carboxylic acids is 2. The number of amides is 1. The molecule has 0 unspecified atom stereocenters. The summed E-state index contributed by atoms with van der Waals surface area (Å²) >= 11 is 7.46. The fraction of sp³-hybridized carbons (Fsp3) is 0.294. The number of halogens is 1. The molecule has 2 aromatic rings. The van der Waals surface area contributed by atoms with E-state index in [9.17, 15) is 9.59 Å². The summed E-state index contributed by atoms with van der Waals surface area (Å²) in [6.07, 6.45) is 0.148. The lowest BCUT2D eigenvalue weighted by Gasteiger charge is -2.06. The summed E-state index contributed by atoms with van der Waals surface area (Å²) in [6.45, 7) is 4.06. The monoisotopic (exact) mass is 351 g/mol. The Labute approximate surface area is 144 Å². The molecule has 0 spiro atoms. The van der Waals surface area contributed by atoms with Crippen LogP contribution < -0.4 is 5.32 Å². The van der Waals surface area contributed by atoms with Gasteiger partial charge in [0.2, 0.25) is 5.91 Å². The number of benzene rings is 1. The van der Waals surface area contributed by atoms with Gasteiger partial charge < -0.3 is 10.1 Å². The first-order valence-electron chi connectivity index (χ1n) is 7.17. The number of esters is 1. The molecule has 6 heteroatoms. The highest BCUT2D eigenvalue weighted by Gasteiger charge is 2.20. The molecule has 1 aromatic carbocycles. The Morgan fingerprint density at radius 1 is 1.30 bits per heavy atom. The van der Waals surface area contributed by atoms with Gasteiger partial charge in [-0.2, -0.15) is 0 Å². The van der Waals surface area contributed by atoms with Crippen LogP contribution in [0.3, 0.4) is 0 Å². The van der Waals surface area contributed by atoms with Crippen LogP contribution in [0.25, 0.3) is 0 Å². The molecule has 1 aromatic heterocycles. The normalized spacial score (nSPS) is 10.7. The molecular weight excluding hydrogens is 334 g/mol. The second kappa shape index (κ2) is 7.62. The number of thiophene rings is 1. The average Bonchev–Trinajstić information content (AvgIpc) is 2.93. The zero-order valence-electron chi connectivity index (χ0n) is 13.2. The van der Waals surface area contributed by atoms with E-state index in [0.29, 0.717) is 15.6 Å². The van der Waals surface area contributed by atoms with Crippen LogP contribution >= 0.6 is 22.9 Å². The first-order valence-corrected chi connectivity index (χ1v) is 8.37. The Kier molecular flexibility index (Phi) is 5.80. The summed E-state index contributed by atoms with van der Waals surface area (Å²) in [5.74, 6) is -0.417. The van der Waals surface area contributed by atoms with E-state index in [1.165, 1.54) is 18.4 Å². The van der Waals surface area contributed by atoms with E-state index >= 15 is 0 Å². The van der Waals surface area contributed by atoms with Crippen molar-refractivity contribution in [2.24, 2.45) is 0 Å². The first-order chi connectivity index (χ1) is 10.9. The van der Waals surface area contributed by atoms with Crippen LogP contribution in [0.1, 0.15) is 40.6 Å². The van der Waals surface area contributed by atoms with Gasteiger partial charge in [-0.15, -0.1) is 11.3 Å². The molecule has 4 nitrogen and oxygen atoms in total. The summed E-state index contributed by atoms with van der Waals surface area (Å²) < 4.78 is 4.78. The molecule has 0 atom stereocenters. The van der Waals surface area contributed by atoms with E-state index in [2.05, 4.69) is 5.32 Å². The van der Waals surface area contributed by atoms with Gasteiger partial charge in [-0.25, -0.2) is 4.79 Å². The minimum Gasteiger partial charge on any atom is -0.465 e. The van der Waals surface area contributed by atoms with Crippen LogP contribution in [-0.2, 0) is 16.0 Å². The highest BCUT2D eigenvalue weighted by molar-refractivity contribution is 7.16. The molecule has 0 fully saturated rings. The van der Waals surface area contributed by atoms with Gasteiger partial charge in [-0.1, -0.05) is 43.6 Å². The van der Waals surface area contributed by atoms with Gasteiger partial charge in [-0.3, -0.25) is 4.79 Å². The lowest BCUT2D eigenvalue weighted by Crippen LogP contribution is -2.16. The number of hydrogen-bond donors (Lipinski definition) is 1. The summed E-state index contributed by atoms with van der Waals surface area (Å²) in [5.41, 5.74) is 1.13. The molecule has 0 saturated heterocycles. The zero-order valence-corrected chi connectivity index (χ0v) is 14.8. The van der Waals surface area contributed by atoms with Crippen molar-refractivity contribution in [3.63, 3.8) is 0 Å². The minimum absolute atomic E-state index is 0.148. The molecule has 122 valence electrons. The third-order valence-electron chi connectivity index (χ3n) is 3.29. The predicted octanol–water partition coefficient (Wildman–Crippen LogP) is 4.49. The smallest absolute Gasteiger partial charge is 0.340 e. The molecule has 1 N–H and O–H groups in total. The number of methoxy groups -OCH3 is 1. The van der Waals surface area contributed by atoms with Crippen molar-refractivity contribution in [2.45, 2.75) is 26.2 Å². The number of carbonyl (C=O) groups is 2. The molecule has 0 aliphatic heterocycles. The van der Waals surface area contributed by atoms with Gasteiger partial charge in [-0.05, 0) is 23.6 Å². The Morgan fingerprint density at radius 2 is 2.00 bits per heavy atom. The van der Waals surface area contributed by atoms with Gasteiger partial charge in [0.1, 0.15) is 5.00 Å². The van der Waals surface area contributed by atoms with Gasteiger partial charge in [0, 0.05) is 9.90 Å². The van der Waals surface area contributed by atoms with E-state index in [4.69, 9.17) is 16.3 Å². The third-order valence-corrected chi connectivity index (χ3v) is 5.01. The molecule has 0 saturated carbocycles. The lowest BCUT2D eigenvalue weighted by molar-refractivity contribution is -0.115. The van der Waals surface area contributed by atoms with E-state index in [-0.39, 0.29) is 18.2 Å². The average molecular weight is 352 g/mol. The van der Waals surface area contributed by atoms with Crippen LogP contribution in [0.2, 0.25) is 5.02 Å². The summed E-state index contributed by atoms with van der Waals surface area (Å²) in [5, 5.41) is 3.85. The molecule has 1 amide bonds. The van der Waals surface area contributed by atoms with Crippen molar-refractivity contribution in [2.75, 3.05) is 12.4 Å². The lowest BCUT2D eigenvalue weighted by atomic mass is 10.1. The van der Waals surface area contributed by atoms with Crippen molar-refractivity contribution in [3.05, 3.63) is 51.4 Å². The highest BCUT2D eigenvalue weighted by Crippen LogP contribution is 2.33. The fourth-order valence-corrected chi connectivity index (χ4v) is 3.30. The Morgan fingerprint density at radius 3 is 2.61 bits per heavy atom. The number of ether oxygens (including phenoxy) is 1. The summed E-state index contributed by atoms with van der Waals surface area (Å²) in [7, 11) is 1.32. The zero-order chi connectivity index (χ0) is 17.0. The van der Waals surface area contributed by atoms with Gasteiger partial charge >= 0.3 is 5.97 Å². The first kappa shape index (κ1) is 17.5. The molecule has 2 rings (SSSR count). The van der Waals surface area contributed by atoms with Crippen LogP contribution in [-0.4, -0.2) is 19.0 Å². The Balaban J connectivity index is 2.20. The SMILES string of the molecule is COC(=O)c1cc(C(C)C)sc1NC(=O)Cc1ccccc1Cl. The largest absolute Gasteiger partial charge is 0.465 e. The van der Waals surface area contributed by atoms with Gasteiger partial charge in [0.15, 0.2) is 0 Å². The quantitative estimate of drug-likeness (QED) is 0.807. The van der Waals surface area contributed by atoms with Crippen LogP contribution in [0, 0.1) is 0 Å². The van der Waals surface area contributed by atoms with Gasteiger partial charge in [0.05, 0.1) is 19.1 Å². The third kappa shape index (κ3) is 4.33. The molecular formula is C17H18ClNO3S. The maximum atomic E-state index is 12.3. The maximum absolute atomic E-state index is 12.3. The highest BCUT2D eigenvalue weighted by atomic mass is 35.5. The summed E-state index contributed by atoms with van der Waals surface area (Å²) in [4.78, 5) is 25.1. The standard InChI is InChI=1S/C17H18ClNO3S/c1-10(2)14-9-12(17(21)22-3)16(23-14)19-15(20)8-11-6-4-5-7-13(11)18/h4-7,9-10H,8H2,1-3H3,(H,19,20). The number of rotatable bonds is 5. The topological polar surface area (TPSA) is 55.4 Å². The Hall–Kier alpha value is -1.85. The van der Waals surface area contributed by atoms with E-state index < -0.39 is 5.97 Å². The second-order valence-corrected chi connectivity index (χ2v) is 6.85. The maximum Gasteiger partial charge on any atom is 0.340 e. The van der Waals surface area contributed by atoms with E-state index in [1.54, 1.807) is 18.2 Å². The van der Waals surface area contributed by atoms with Gasteiger partial charge in [0.25, 0.3) is 0 Å². The van der Waals surface area contributed by atoms with E-state index in [1.807, 2.05) is 26.0 Å². The molecule has 23 heavy (non-hydrogen) atoms. The molecule has 0 bridgehead atoms. The van der Waals surface area contributed by atoms with Crippen LogP contribution in [0.15, 0.2) is 30.3 Å². The molecule has 0 aliphatic rings. The van der Waals surface area contributed by atoms with Crippen molar-refractivity contribution in [3.8, 4) is 0 Å². The molecule has 0 radical (unpaired) electrons. The van der Waals surface area contributed by atoms with E-state index in [0.717, 1.165) is 10.4 Å². The summed E-state index contributed by atoms with van der Waals surface area (Å²) in [6, 6.07) is 8.96. The fourth-order valence-electron chi connectivity index (χ4n) is 2.03. The minimum atomic E-state index is -0.457. The predicted molar refractivity (Wildman–Crippen MR) is 93.5 cm³/mol. The van der Waals surface area contributed by atoms with Crippen molar-refractivity contribution < 1.29 is 14.3 Å². The molecule has 1 heterocycles. The van der Waals surface area contributed by atoms with Crippen LogP contribution in [0.5, 0.6) is 0 Å². The number of nitrogens with one attached hydrogen (secondary N) is 1. The van der Waals surface area contributed by atoms with Crippen molar-refractivity contribution >= 4 is 39.8 Å². The van der Waals surface area contributed by atoms with Crippen molar-refractivity contribution in [1.82, 2.24) is 0 Å². The Bertz CT molecular complexity index is 724.